The molecule has 3 rings (SSSR count). The summed E-state index contributed by atoms with van der Waals surface area (Å²) in [6.45, 7) is 3.06. The fourth-order valence-electron chi connectivity index (χ4n) is 4.50. The molecule has 0 aromatic rings. The number of hydrogen-bond donors (Lipinski definition) is 1. The molecule has 1 saturated carbocycles. The van der Waals surface area contributed by atoms with Crippen LogP contribution in [0.5, 0.6) is 0 Å². The van der Waals surface area contributed by atoms with Gasteiger partial charge in [-0.2, -0.15) is 0 Å². The molecular formula is C17H28N2O2. The van der Waals surface area contributed by atoms with Gasteiger partial charge in [-0.15, -0.1) is 0 Å². The summed E-state index contributed by atoms with van der Waals surface area (Å²) in [5.74, 6) is 0.205. The topological polar surface area (TPSA) is 49.4 Å². The number of likely N-dealkylation sites (tertiary alicyclic amines) is 1. The quantitative estimate of drug-likeness (QED) is 0.796. The third kappa shape index (κ3) is 2.75. The highest BCUT2D eigenvalue weighted by atomic mass is 16.2. The second kappa shape index (κ2) is 6.07. The zero-order valence-electron chi connectivity index (χ0n) is 13.2. The van der Waals surface area contributed by atoms with Crippen LogP contribution in [0.3, 0.4) is 0 Å². The third-order valence-corrected chi connectivity index (χ3v) is 5.83. The number of carbonyl (C=O) groups excluding carboxylic acids is 2. The Labute approximate surface area is 127 Å². The maximum absolute atomic E-state index is 13.0. The lowest BCUT2D eigenvalue weighted by Crippen LogP contribution is -2.53. The van der Waals surface area contributed by atoms with Crippen molar-refractivity contribution in [3.63, 3.8) is 0 Å². The molecule has 4 heteroatoms. The van der Waals surface area contributed by atoms with E-state index in [1.165, 1.54) is 25.7 Å². The van der Waals surface area contributed by atoms with Crippen LogP contribution in [0.1, 0.15) is 71.1 Å². The summed E-state index contributed by atoms with van der Waals surface area (Å²) in [5.41, 5.74) is -0.351. The molecule has 2 aliphatic heterocycles. The number of carbonyl (C=O) groups is 2. The molecule has 2 heterocycles. The highest BCUT2D eigenvalue weighted by Gasteiger charge is 2.53. The van der Waals surface area contributed by atoms with E-state index in [0.717, 1.165) is 38.6 Å². The van der Waals surface area contributed by atoms with Crippen molar-refractivity contribution in [1.82, 2.24) is 10.2 Å². The van der Waals surface area contributed by atoms with Crippen LogP contribution in [-0.2, 0) is 9.59 Å². The number of nitrogens with zero attached hydrogens (tertiary/aromatic N) is 1. The average Bonchev–Trinajstić information content (AvgIpc) is 2.67. The molecule has 0 aromatic heterocycles. The fraction of sp³-hybridized carbons (Fsp3) is 0.882. The van der Waals surface area contributed by atoms with Crippen LogP contribution in [-0.4, -0.2) is 35.3 Å². The number of hydrogen-bond acceptors (Lipinski definition) is 3. The first-order chi connectivity index (χ1) is 10.1. The maximum Gasteiger partial charge on any atom is 0.236 e. The zero-order chi connectivity index (χ0) is 14.9. The fourth-order valence-corrected chi connectivity index (χ4v) is 4.50. The van der Waals surface area contributed by atoms with Gasteiger partial charge >= 0.3 is 0 Å². The Morgan fingerprint density at radius 2 is 1.81 bits per heavy atom. The summed E-state index contributed by atoms with van der Waals surface area (Å²) >= 11 is 0. The van der Waals surface area contributed by atoms with Gasteiger partial charge in [0.2, 0.25) is 11.8 Å². The number of rotatable bonds is 2. The molecule has 4 nitrogen and oxygen atoms in total. The van der Waals surface area contributed by atoms with Gasteiger partial charge in [0.15, 0.2) is 0 Å². The molecule has 2 unspecified atom stereocenters. The van der Waals surface area contributed by atoms with E-state index >= 15 is 0 Å². The number of amides is 2. The van der Waals surface area contributed by atoms with Crippen LogP contribution in [0.4, 0.5) is 0 Å². The van der Waals surface area contributed by atoms with E-state index in [1.54, 1.807) is 4.90 Å². The van der Waals surface area contributed by atoms with Crippen LogP contribution in [0.15, 0.2) is 0 Å². The maximum atomic E-state index is 13.0. The van der Waals surface area contributed by atoms with Crippen molar-refractivity contribution >= 4 is 11.8 Å². The minimum atomic E-state index is -0.351. The Morgan fingerprint density at radius 1 is 1.10 bits per heavy atom. The van der Waals surface area contributed by atoms with Gasteiger partial charge < -0.3 is 5.32 Å². The molecule has 118 valence electrons. The van der Waals surface area contributed by atoms with Crippen molar-refractivity contribution < 1.29 is 9.59 Å². The predicted octanol–water partition coefficient (Wildman–Crippen LogP) is 2.62. The van der Waals surface area contributed by atoms with E-state index < -0.39 is 0 Å². The van der Waals surface area contributed by atoms with E-state index in [2.05, 4.69) is 12.2 Å². The van der Waals surface area contributed by atoms with Crippen molar-refractivity contribution in [2.75, 3.05) is 6.54 Å². The van der Waals surface area contributed by atoms with E-state index in [1.807, 2.05) is 0 Å². The highest BCUT2D eigenvalue weighted by molar-refractivity contribution is 6.06. The Kier molecular flexibility index (Phi) is 4.34. The zero-order valence-corrected chi connectivity index (χ0v) is 13.2. The Morgan fingerprint density at radius 3 is 2.43 bits per heavy atom. The van der Waals surface area contributed by atoms with E-state index in [-0.39, 0.29) is 29.3 Å². The summed E-state index contributed by atoms with van der Waals surface area (Å²) in [5, 5.41) is 3.49. The second-order valence-electron chi connectivity index (χ2n) is 7.24. The molecule has 1 spiro atoms. The van der Waals surface area contributed by atoms with Gasteiger partial charge in [0.05, 0.1) is 11.5 Å². The van der Waals surface area contributed by atoms with Gasteiger partial charge in [0, 0.05) is 12.5 Å². The summed E-state index contributed by atoms with van der Waals surface area (Å²) in [7, 11) is 0. The second-order valence-corrected chi connectivity index (χ2v) is 7.24. The minimum Gasteiger partial charge on any atom is -0.312 e. The molecule has 2 atom stereocenters. The van der Waals surface area contributed by atoms with Gasteiger partial charge in [-0.25, -0.2) is 0 Å². The van der Waals surface area contributed by atoms with E-state index in [4.69, 9.17) is 0 Å². The molecule has 3 aliphatic rings. The van der Waals surface area contributed by atoms with Crippen LogP contribution >= 0.6 is 0 Å². The molecule has 1 N–H and O–H groups in total. The smallest absolute Gasteiger partial charge is 0.236 e. The van der Waals surface area contributed by atoms with Crippen LogP contribution < -0.4 is 5.32 Å². The third-order valence-electron chi connectivity index (χ3n) is 5.83. The molecule has 3 fully saturated rings. The molecule has 2 saturated heterocycles. The lowest BCUT2D eigenvalue weighted by atomic mass is 9.79. The van der Waals surface area contributed by atoms with Crippen LogP contribution in [0.25, 0.3) is 0 Å². The SMILES string of the molecule is CC(C1CCCCN1)N1C(=O)CC2(CCCCCC2)C1=O. The van der Waals surface area contributed by atoms with Gasteiger partial charge in [-0.3, -0.25) is 14.5 Å². The Balaban J connectivity index is 1.76. The summed E-state index contributed by atoms with van der Waals surface area (Å²) in [4.78, 5) is 27.2. The lowest BCUT2D eigenvalue weighted by Gasteiger charge is -2.35. The minimum absolute atomic E-state index is 0.00734. The van der Waals surface area contributed by atoms with Crippen LogP contribution in [0, 0.1) is 5.41 Å². The van der Waals surface area contributed by atoms with Crippen molar-refractivity contribution in [2.45, 2.75) is 83.2 Å². The van der Waals surface area contributed by atoms with Gasteiger partial charge in [-0.1, -0.05) is 32.1 Å². The largest absolute Gasteiger partial charge is 0.312 e. The molecule has 0 bridgehead atoms. The Bertz CT molecular complexity index is 407. The van der Waals surface area contributed by atoms with Crippen molar-refractivity contribution in [3.8, 4) is 0 Å². The van der Waals surface area contributed by atoms with Crippen molar-refractivity contribution in [3.05, 3.63) is 0 Å². The highest BCUT2D eigenvalue weighted by Crippen LogP contribution is 2.45. The van der Waals surface area contributed by atoms with Crippen LogP contribution in [0.2, 0.25) is 0 Å². The number of imide groups is 1. The predicted molar refractivity (Wildman–Crippen MR) is 81.7 cm³/mol. The molecule has 0 aromatic carbocycles. The molecule has 21 heavy (non-hydrogen) atoms. The van der Waals surface area contributed by atoms with Gasteiger partial charge in [-0.05, 0) is 39.2 Å². The Hall–Kier alpha value is -0.900. The standard InChI is InChI=1S/C17H28N2O2/c1-13(14-8-4-7-11-18-14)19-15(20)12-17(16(19)21)9-5-2-3-6-10-17/h13-14,18H,2-12H2,1H3. The lowest BCUT2D eigenvalue weighted by molar-refractivity contribution is -0.144. The molecule has 1 aliphatic carbocycles. The van der Waals surface area contributed by atoms with Gasteiger partial charge in [0.25, 0.3) is 0 Å². The summed E-state index contributed by atoms with van der Waals surface area (Å²) in [6.07, 6.45) is 10.4. The summed E-state index contributed by atoms with van der Waals surface area (Å²) in [6, 6.07) is 0.292. The average molecular weight is 292 g/mol. The first kappa shape index (κ1) is 15.0. The van der Waals surface area contributed by atoms with Crippen molar-refractivity contribution in [2.24, 2.45) is 5.41 Å². The van der Waals surface area contributed by atoms with E-state index in [9.17, 15) is 9.59 Å². The van der Waals surface area contributed by atoms with Gasteiger partial charge in [0.1, 0.15) is 0 Å². The number of nitrogens with one attached hydrogen (secondary N) is 1. The normalized spacial score (nSPS) is 31.5. The first-order valence-corrected chi connectivity index (χ1v) is 8.74. The monoisotopic (exact) mass is 292 g/mol. The van der Waals surface area contributed by atoms with Crippen molar-refractivity contribution in [1.29, 1.82) is 0 Å². The summed E-state index contributed by atoms with van der Waals surface area (Å²) < 4.78 is 0. The molecular weight excluding hydrogens is 264 g/mol. The molecule has 0 radical (unpaired) electrons. The number of piperidine rings is 1. The molecule has 2 amide bonds. The van der Waals surface area contributed by atoms with E-state index in [0.29, 0.717) is 6.42 Å². The first-order valence-electron chi connectivity index (χ1n) is 8.74.